The molecule has 0 N–H and O–H groups in total. The average molecular weight is 270 g/mol. The van der Waals surface area contributed by atoms with Gasteiger partial charge >= 0.3 is 5.82 Å². The van der Waals surface area contributed by atoms with Gasteiger partial charge in [-0.3, -0.25) is 4.40 Å². The fourth-order valence-electron chi connectivity index (χ4n) is 1.49. The molecule has 5 nitrogen and oxygen atoms in total. The van der Waals surface area contributed by atoms with E-state index in [0.717, 1.165) is 4.47 Å². The van der Waals surface area contributed by atoms with Crippen molar-refractivity contribution in [2.75, 3.05) is 0 Å². The number of rotatable bonds is 2. The highest BCUT2D eigenvalue weighted by Crippen LogP contribution is 2.23. The number of pyridine rings is 1. The highest BCUT2D eigenvalue weighted by atomic mass is 79.9. The molecule has 0 saturated carbocycles. The highest BCUT2D eigenvalue weighted by Gasteiger charge is 2.20. The molecule has 0 atom stereocenters. The second-order valence-electron chi connectivity index (χ2n) is 3.06. The van der Waals surface area contributed by atoms with Crippen molar-refractivity contribution in [2.24, 2.45) is 0 Å². The minimum Gasteiger partial charge on any atom is -0.358 e. The van der Waals surface area contributed by atoms with Crippen LogP contribution in [0.2, 0.25) is 0 Å². The Morgan fingerprint density at radius 2 is 2.40 bits per heavy atom. The first kappa shape index (κ1) is 10.1. The Morgan fingerprint density at radius 3 is 3.00 bits per heavy atom. The quantitative estimate of drug-likeness (QED) is 0.622. The monoisotopic (exact) mass is 269 g/mol. The number of aromatic nitrogens is 2. The van der Waals surface area contributed by atoms with Crippen molar-refractivity contribution in [2.45, 2.75) is 13.3 Å². The van der Waals surface area contributed by atoms with Crippen LogP contribution in [0.25, 0.3) is 5.52 Å². The molecule has 0 aliphatic carbocycles. The molecule has 2 rings (SSSR count). The van der Waals surface area contributed by atoms with E-state index >= 15 is 0 Å². The van der Waals surface area contributed by atoms with Crippen LogP contribution < -0.4 is 0 Å². The van der Waals surface area contributed by atoms with Crippen molar-refractivity contribution in [1.82, 2.24) is 9.38 Å². The largest absolute Gasteiger partial charge is 0.389 e. The normalized spacial score (nSPS) is 10.8. The third kappa shape index (κ3) is 1.61. The molecule has 0 aliphatic heterocycles. The molecule has 0 radical (unpaired) electrons. The van der Waals surface area contributed by atoms with Crippen molar-refractivity contribution in [3.63, 3.8) is 0 Å². The molecule has 78 valence electrons. The lowest BCUT2D eigenvalue weighted by Crippen LogP contribution is -1.90. The first-order chi connectivity index (χ1) is 7.13. The number of fused-ring (bicyclic) bond motifs is 1. The maximum Gasteiger partial charge on any atom is 0.389 e. The third-order valence-electron chi connectivity index (χ3n) is 2.15. The van der Waals surface area contributed by atoms with Gasteiger partial charge in [0, 0.05) is 17.1 Å². The molecule has 2 aromatic rings. The van der Waals surface area contributed by atoms with Gasteiger partial charge in [-0.25, -0.2) is 0 Å². The zero-order chi connectivity index (χ0) is 11.0. The van der Waals surface area contributed by atoms with Crippen LogP contribution in [0.1, 0.15) is 12.7 Å². The number of hydrogen-bond donors (Lipinski definition) is 0. The van der Waals surface area contributed by atoms with E-state index in [0.29, 0.717) is 17.8 Å². The Hall–Kier alpha value is -1.43. The fourth-order valence-corrected chi connectivity index (χ4v) is 1.82. The standard InChI is InChI=1S/C9H8BrN3O2/c1-2-8-11-9(13(14)15)7-5-6(10)3-4-12(7)8/h3-5H,2H2,1H3. The van der Waals surface area contributed by atoms with E-state index in [1.54, 1.807) is 16.7 Å². The summed E-state index contributed by atoms with van der Waals surface area (Å²) in [6.45, 7) is 1.92. The topological polar surface area (TPSA) is 60.4 Å². The Kier molecular flexibility index (Phi) is 2.44. The van der Waals surface area contributed by atoms with Crippen molar-refractivity contribution in [1.29, 1.82) is 0 Å². The number of nitro groups is 1. The smallest absolute Gasteiger partial charge is 0.358 e. The molecular weight excluding hydrogens is 262 g/mol. The summed E-state index contributed by atoms with van der Waals surface area (Å²) in [5.41, 5.74) is 0.520. The first-order valence-corrected chi connectivity index (χ1v) is 5.23. The van der Waals surface area contributed by atoms with Gasteiger partial charge in [0.05, 0.1) is 0 Å². The van der Waals surface area contributed by atoms with E-state index in [1.165, 1.54) is 0 Å². The molecule has 2 heterocycles. The van der Waals surface area contributed by atoms with Gasteiger partial charge in [0.15, 0.2) is 0 Å². The summed E-state index contributed by atoms with van der Waals surface area (Å²) in [5, 5.41) is 10.8. The van der Waals surface area contributed by atoms with Gasteiger partial charge in [-0.2, -0.15) is 0 Å². The van der Waals surface area contributed by atoms with E-state index in [2.05, 4.69) is 20.9 Å². The van der Waals surface area contributed by atoms with Crippen LogP contribution >= 0.6 is 15.9 Å². The van der Waals surface area contributed by atoms with Crippen molar-refractivity contribution < 1.29 is 4.92 Å². The first-order valence-electron chi connectivity index (χ1n) is 4.44. The molecule has 0 unspecified atom stereocenters. The highest BCUT2D eigenvalue weighted by molar-refractivity contribution is 9.10. The summed E-state index contributed by atoms with van der Waals surface area (Å²) in [5.74, 6) is 0.609. The van der Waals surface area contributed by atoms with E-state index in [-0.39, 0.29) is 5.82 Å². The van der Waals surface area contributed by atoms with Gasteiger partial charge < -0.3 is 10.1 Å². The summed E-state index contributed by atoms with van der Waals surface area (Å²) in [6, 6.07) is 3.53. The van der Waals surface area contributed by atoms with Crippen LogP contribution in [0.4, 0.5) is 5.82 Å². The Bertz CT molecular complexity index is 535. The summed E-state index contributed by atoms with van der Waals surface area (Å²) < 4.78 is 2.55. The van der Waals surface area contributed by atoms with Gasteiger partial charge in [0.1, 0.15) is 5.52 Å². The summed E-state index contributed by atoms with van der Waals surface area (Å²) >= 11 is 3.28. The van der Waals surface area contributed by atoms with Crippen molar-refractivity contribution in [3.05, 3.63) is 38.7 Å². The Balaban J connectivity index is 2.81. The predicted molar refractivity (Wildman–Crippen MR) is 58.9 cm³/mol. The van der Waals surface area contributed by atoms with E-state index < -0.39 is 4.92 Å². The molecule has 6 heteroatoms. The minimum absolute atomic E-state index is 0.0897. The molecule has 0 fully saturated rings. The van der Waals surface area contributed by atoms with Gasteiger partial charge in [-0.05, 0) is 22.0 Å². The number of halogens is 1. The SMILES string of the molecule is CCc1nc([N+](=O)[O-])c2cc(Br)ccn12. The average Bonchev–Trinajstić information content (AvgIpc) is 2.55. The molecule has 0 aromatic carbocycles. The zero-order valence-corrected chi connectivity index (χ0v) is 9.56. The van der Waals surface area contributed by atoms with Crippen LogP contribution in [-0.2, 0) is 6.42 Å². The Morgan fingerprint density at radius 1 is 1.67 bits per heavy atom. The van der Waals surface area contributed by atoms with E-state index in [9.17, 15) is 10.1 Å². The van der Waals surface area contributed by atoms with Gasteiger partial charge in [0.2, 0.25) is 5.82 Å². The lowest BCUT2D eigenvalue weighted by Gasteiger charge is -1.95. The Labute approximate surface area is 94.0 Å². The molecule has 0 aliphatic rings. The molecular formula is C9H8BrN3O2. The molecule has 0 spiro atoms. The number of imidazole rings is 1. The molecule has 15 heavy (non-hydrogen) atoms. The fraction of sp³-hybridized carbons (Fsp3) is 0.222. The number of nitrogens with zero attached hydrogens (tertiary/aromatic N) is 3. The third-order valence-corrected chi connectivity index (χ3v) is 2.64. The van der Waals surface area contributed by atoms with Crippen LogP contribution in [0.5, 0.6) is 0 Å². The lowest BCUT2D eigenvalue weighted by molar-refractivity contribution is -0.387. The van der Waals surface area contributed by atoms with Crippen molar-refractivity contribution >= 4 is 27.3 Å². The maximum atomic E-state index is 10.8. The van der Waals surface area contributed by atoms with Crippen LogP contribution in [0, 0.1) is 10.1 Å². The van der Waals surface area contributed by atoms with Crippen LogP contribution in [-0.4, -0.2) is 14.3 Å². The summed E-state index contributed by atoms with van der Waals surface area (Å²) in [4.78, 5) is 14.3. The van der Waals surface area contributed by atoms with Crippen molar-refractivity contribution in [3.8, 4) is 0 Å². The second kappa shape index (κ2) is 3.62. The molecule has 0 amide bonds. The van der Waals surface area contributed by atoms with Crippen LogP contribution in [0.15, 0.2) is 22.8 Å². The minimum atomic E-state index is -0.457. The van der Waals surface area contributed by atoms with E-state index in [1.807, 2.05) is 13.0 Å². The summed E-state index contributed by atoms with van der Waals surface area (Å²) in [7, 11) is 0. The van der Waals surface area contributed by atoms with Gasteiger partial charge in [0.25, 0.3) is 0 Å². The number of aryl methyl sites for hydroxylation is 1. The predicted octanol–water partition coefficient (Wildman–Crippen LogP) is 2.57. The molecule has 0 bridgehead atoms. The zero-order valence-electron chi connectivity index (χ0n) is 7.98. The van der Waals surface area contributed by atoms with Gasteiger partial charge in [-0.15, -0.1) is 0 Å². The maximum absolute atomic E-state index is 10.8. The van der Waals surface area contributed by atoms with Gasteiger partial charge in [-0.1, -0.05) is 22.9 Å². The second-order valence-corrected chi connectivity index (χ2v) is 3.98. The summed E-state index contributed by atoms with van der Waals surface area (Å²) in [6.07, 6.45) is 2.44. The van der Waals surface area contributed by atoms with Crippen LogP contribution in [0.3, 0.4) is 0 Å². The number of hydrogen-bond acceptors (Lipinski definition) is 3. The van der Waals surface area contributed by atoms with E-state index in [4.69, 9.17) is 0 Å². The molecule has 2 aromatic heterocycles. The lowest BCUT2D eigenvalue weighted by atomic mass is 10.4. The molecule has 0 saturated heterocycles.